The molecule has 0 aliphatic heterocycles. The number of aromatic nitrogens is 3. The third-order valence-electron chi connectivity index (χ3n) is 6.80. The van der Waals surface area contributed by atoms with E-state index in [0.29, 0.717) is 18.4 Å². The van der Waals surface area contributed by atoms with Crippen molar-refractivity contribution in [1.29, 1.82) is 0 Å². The van der Waals surface area contributed by atoms with Gasteiger partial charge in [-0.05, 0) is 60.9 Å². The van der Waals surface area contributed by atoms with Crippen LogP contribution in [0.2, 0.25) is 0 Å². The first kappa shape index (κ1) is 23.8. The normalized spacial score (nSPS) is 24.7. The summed E-state index contributed by atoms with van der Waals surface area (Å²) in [5.74, 6) is -2.39. The highest BCUT2D eigenvalue weighted by Crippen LogP contribution is 2.42. The van der Waals surface area contributed by atoms with E-state index >= 15 is 0 Å². The molecule has 0 saturated heterocycles. The summed E-state index contributed by atoms with van der Waals surface area (Å²) in [6.07, 6.45) is 4.40. The molecule has 7 nitrogen and oxygen atoms in total. The van der Waals surface area contributed by atoms with Gasteiger partial charge in [0.2, 0.25) is 0 Å². The van der Waals surface area contributed by atoms with Gasteiger partial charge in [0.25, 0.3) is 0 Å². The van der Waals surface area contributed by atoms with Gasteiger partial charge in [0.15, 0.2) is 17.4 Å². The van der Waals surface area contributed by atoms with Crippen LogP contribution < -0.4 is 5.73 Å². The molecule has 0 amide bonds. The quantitative estimate of drug-likeness (QED) is 0.490. The lowest BCUT2D eigenvalue weighted by Crippen LogP contribution is -2.49. The number of nitrogen functional groups attached to an aromatic ring is 1. The second-order valence-electron chi connectivity index (χ2n) is 9.08. The van der Waals surface area contributed by atoms with Gasteiger partial charge >= 0.3 is 0 Å². The monoisotopic (exact) mass is 468 g/mol. The lowest BCUT2D eigenvalue weighted by atomic mass is 9.68. The van der Waals surface area contributed by atoms with E-state index in [2.05, 4.69) is 15.0 Å². The van der Waals surface area contributed by atoms with Gasteiger partial charge in [-0.2, -0.15) is 0 Å². The van der Waals surface area contributed by atoms with Crippen molar-refractivity contribution >= 4 is 11.5 Å². The van der Waals surface area contributed by atoms with Crippen LogP contribution in [0.5, 0.6) is 0 Å². The van der Waals surface area contributed by atoms with Crippen LogP contribution in [-0.2, 0) is 6.42 Å². The molecule has 3 heterocycles. The zero-order valence-electron chi connectivity index (χ0n) is 18.9. The number of anilines is 1. The molecule has 0 radical (unpaired) electrons. The number of nitrogens with two attached hydrogens (primary N) is 1. The second-order valence-corrected chi connectivity index (χ2v) is 9.08. The lowest BCUT2D eigenvalue weighted by Gasteiger charge is -2.43. The van der Waals surface area contributed by atoms with Crippen LogP contribution >= 0.6 is 0 Å². The van der Waals surface area contributed by atoms with Crippen LogP contribution in [0.4, 0.5) is 14.5 Å². The van der Waals surface area contributed by atoms with Gasteiger partial charge in [-0.1, -0.05) is 6.92 Å². The van der Waals surface area contributed by atoms with E-state index in [9.17, 15) is 23.8 Å². The average Bonchev–Trinajstić information content (AvgIpc) is 2.78. The minimum atomic E-state index is -1.19. The number of ketones is 1. The molecule has 1 aliphatic carbocycles. The van der Waals surface area contributed by atoms with E-state index in [1.807, 2.05) is 6.92 Å². The summed E-state index contributed by atoms with van der Waals surface area (Å²) >= 11 is 0. The first-order valence-electron chi connectivity index (χ1n) is 11.0. The number of aliphatic hydroxyl groups excluding tert-OH is 1. The van der Waals surface area contributed by atoms with Gasteiger partial charge in [0, 0.05) is 31.1 Å². The van der Waals surface area contributed by atoms with Crippen molar-refractivity contribution in [2.24, 2.45) is 5.92 Å². The molecule has 0 bridgehead atoms. The summed E-state index contributed by atoms with van der Waals surface area (Å²) in [6.45, 7) is 3.50. The Morgan fingerprint density at radius 1 is 1.21 bits per heavy atom. The molecule has 1 fully saturated rings. The molecule has 0 spiro atoms. The van der Waals surface area contributed by atoms with E-state index in [0.717, 1.165) is 17.7 Å². The zero-order valence-corrected chi connectivity index (χ0v) is 18.9. The molecule has 4 rings (SSSR count). The number of hydrogen-bond acceptors (Lipinski definition) is 7. The first-order valence-corrected chi connectivity index (χ1v) is 11.0. The van der Waals surface area contributed by atoms with Crippen molar-refractivity contribution in [2.75, 3.05) is 5.73 Å². The van der Waals surface area contributed by atoms with E-state index in [-0.39, 0.29) is 35.3 Å². The Morgan fingerprint density at radius 2 is 1.97 bits per heavy atom. The number of Topliss-reactive ketones (excluding diaryl/α,β-unsaturated/α-hetero) is 1. The van der Waals surface area contributed by atoms with E-state index in [1.54, 1.807) is 25.4 Å². The summed E-state index contributed by atoms with van der Waals surface area (Å²) in [4.78, 5) is 25.2. The van der Waals surface area contributed by atoms with Crippen molar-refractivity contribution in [3.63, 3.8) is 0 Å². The highest BCUT2D eigenvalue weighted by atomic mass is 19.1. The second kappa shape index (κ2) is 9.15. The zero-order chi connectivity index (χ0) is 24.6. The van der Waals surface area contributed by atoms with E-state index < -0.39 is 34.8 Å². The van der Waals surface area contributed by atoms with Crippen molar-refractivity contribution < 1.29 is 23.8 Å². The smallest absolute Gasteiger partial charge is 0.187 e. The molecule has 34 heavy (non-hydrogen) atoms. The Labute approximate surface area is 195 Å². The molecule has 1 aliphatic rings. The van der Waals surface area contributed by atoms with Gasteiger partial charge in [0.05, 0.1) is 17.4 Å². The molecule has 9 heteroatoms. The number of aliphatic hydroxyl groups is 2. The average molecular weight is 469 g/mol. The minimum absolute atomic E-state index is 0.0901. The van der Waals surface area contributed by atoms with Gasteiger partial charge in [-0.15, -0.1) is 0 Å². The fraction of sp³-hybridized carbons (Fsp3) is 0.360. The van der Waals surface area contributed by atoms with Crippen LogP contribution in [-0.4, -0.2) is 42.7 Å². The summed E-state index contributed by atoms with van der Waals surface area (Å²) in [6, 6.07) is 5.23. The summed E-state index contributed by atoms with van der Waals surface area (Å²) < 4.78 is 28.7. The first-order chi connectivity index (χ1) is 16.1. The fourth-order valence-electron chi connectivity index (χ4n) is 4.54. The highest BCUT2D eigenvalue weighted by molar-refractivity contribution is 6.00. The fourth-order valence-corrected chi connectivity index (χ4v) is 4.54. The van der Waals surface area contributed by atoms with Gasteiger partial charge in [-0.25, -0.2) is 13.8 Å². The standard InChI is InChI=1S/C25H26F2N4O3/c1-13-8-14(10-21(33)25(13,2)34)16-5-7-29-12-15(16)9-20(32)24-19(28)11-18(27)23(31-24)22-17(26)4-3-6-30-22/h3-7,11-14,21,33-34H,8-10,28H2,1-2H3/t13-,14+,21+,25-/m0/s1. The minimum Gasteiger partial charge on any atom is -0.397 e. The van der Waals surface area contributed by atoms with Crippen molar-refractivity contribution in [2.45, 2.75) is 50.7 Å². The predicted molar refractivity (Wildman–Crippen MR) is 122 cm³/mol. The maximum atomic E-state index is 14.5. The number of hydrogen-bond donors (Lipinski definition) is 3. The summed E-state index contributed by atoms with van der Waals surface area (Å²) in [5.41, 5.74) is 5.11. The number of nitrogens with zero attached hydrogens (tertiary/aromatic N) is 3. The van der Waals surface area contributed by atoms with Crippen molar-refractivity contribution in [3.8, 4) is 11.4 Å². The molecule has 3 aromatic rings. The Hall–Kier alpha value is -3.30. The summed E-state index contributed by atoms with van der Waals surface area (Å²) in [7, 11) is 0. The van der Waals surface area contributed by atoms with Crippen LogP contribution in [0.1, 0.15) is 54.2 Å². The van der Waals surface area contributed by atoms with Gasteiger partial charge in [-0.3, -0.25) is 14.8 Å². The third kappa shape index (κ3) is 4.41. The van der Waals surface area contributed by atoms with Crippen LogP contribution in [0.25, 0.3) is 11.4 Å². The van der Waals surface area contributed by atoms with E-state index in [1.165, 1.54) is 12.3 Å². The van der Waals surface area contributed by atoms with Crippen molar-refractivity contribution in [3.05, 3.63) is 71.3 Å². The summed E-state index contributed by atoms with van der Waals surface area (Å²) in [5, 5.41) is 21.0. The number of carbonyl (C=O) groups is 1. The number of halogens is 2. The Balaban J connectivity index is 1.65. The molecule has 4 atom stereocenters. The third-order valence-corrected chi connectivity index (χ3v) is 6.80. The molecule has 0 aromatic carbocycles. The molecule has 0 unspecified atom stereocenters. The Bertz CT molecular complexity index is 1220. The van der Waals surface area contributed by atoms with Crippen LogP contribution in [0, 0.1) is 17.6 Å². The molecule has 178 valence electrons. The molecule has 4 N–H and O–H groups in total. The number of carbonyl (C=O) groups excluding carboxylic acids is 1. The van der Waals surface area contributed by atoms with Crippen LogP contribution in [0.3, 0.4) is 0 Å². The topological polar surface area (TPSA) is 122 Å². The molecular formula is C25H26F2N4O3. The van der Waals surface area contributed by atoms with E-state index in [4.69, 9.17) is 5.73 Å². The number of rotatable bonds is 5. The largest absolute Gasteiger partial charge is 0.397 e. The molecular weight excluding hydrogens is 442 g/mol. The number of pyridine rings is 3. The molecule has 1 saturated carbocycles. The Morgan fingerprint density at radius 3 is 2.68 bits per heavy atom. The van der Waals surface area contributed by atoms with Crippen molar-refractivity contribution in [1.82, 2.24) is 15.0 Å². The maximum Gasteiger partial charge on any atom is 0.187 e. The van der Waals surface area contributed by atoms with Gasteiger partial charge in [0.1, 0.15) is 17.1 Å². The highest BCUT2D eigenvalue weighted by Gasteiger charge is 2.43. The lowest BCUT2D eigenvalue weighted by molar-refractivity contribution is -0.123. The predicted octanol–water partition coefficient (Wildman–Crippen LogP) is 3.45. The maximum absolute atomic E-state index is 14.5. The molecule has 3 aromatic heterocycles. The van der Waals surface area contributed by atoms with Crippen LogP contribution in [0.15, 0.2) is 42.9 Å². The SMILES string of the molecule is C[C@H]1C[C@@H](c2ccncc2CC(=O)c2nc(-c3ncccc3F)c(F)cc2N)C[C@@H](O)[C@@]1(C)O. The van der Waals surface area contributed by atoms with Gasteiger partial charge < -0.3 is 15.9 Å². The Kier molecular flexibility index (Phi) is 6.42.